The molecule has 0 radical (unpaired) electrons. The van der Waals surface area contributed by atoms with E-state index < -0.39 is 0 Å². The SMILES string of the molecule is CCCCCCc1ccc2[nH]nnc2c1CN. The zero-order chi connectivity index (χ0) is 12.1. The molecular formula is C13H20N4. The lowest BCUT2D eigenvalue weighted by Crippen LogP contribution is -2.03. The van der Waals surface area contributed by atoms with Crippen molar-refractivity contribution in [2.24, 2.45) is 5.73 Å². The van der Waals surface area contributed by atoms with Gasteiger partial charge in [0.1, 0.15) is 5.52 Å². The maximum atomic E-state index is 5.82. The average molecular weight is 232 g/mol. The summed E-state index contributed by atoms with van der Waals surface area (Å²) in [6, 6.07) is 4.19. The summed E-state index contributed by atoms with van der Waals surface area (Å²) < 4.78 is 0. The quantitative estimate of drug-likeness (QED) is 0.752. The highest BCUT2D eigenvalue weighted by Gasteiger charge is 2.08. The van der Waals surface area contributed by atoms with Gasteiger partial charge in [-0.3, -0.25) is 5.10 Å². The van der Waals surface area contributed by atoms with Crippen LogP contribution in [0.3, 0.4) is 0 Å². The van der Waals surface area contributed by atoms with E-state index in [2.05, 4.69) is 28.4 Å². The van der Waals surface area contributed by atoms with Gasteiger partial charge in [0.2, 0.25) is 0 Å². The molecule has 1 aromatic heterocycles. The number of fused-ring (bicyclic) bond motifs is 1. The van der Waals surface area contributed by atoms with Crippen LogP contribution < -0.4 is 5.73 Å². The normalized spacial score (nSPS) is 11.2. The van der Waals surface area contributed by atoms with Gasteiger partial charge >= 0.3 is 0 Å². The van der Waals surface area contributed by atoms with Crippen molar-refractivity contribution in [1.29, 1.82) is 0 Å². The van der Waals surface area contributed by atoms with Gasteiger partial charge in [0, 0.05) is 6.54 Å². The maximum Gasteiger partial charge on any atom is 0.117 e. The van der Waals surface area contributed by atoms with Gasteiger partial charge in [0.15, 0.2) is 0 Å². The summed E-state index contributed by atoms with van der Waals surface area (Å²) in [4.78, 5) is 0. The lowest BCUT2D eigenvalue weighted by atomic mass is 9.99. The van der Waals surface area contributed by atoms with E-state index in [1.54, 1.807) is 0 Å². The summed E-state index contributed by atoms with van der Waals surface area (Å²) in [5.74, 6) is 0. The molecule has 0 aliphatic rings. The first-order valence-electron chi connectivity index (χ1n) is 6.38. The van der Waals surface area contributed by atoms with Crippen LogP contribution in [0, 0.1) is 0 Å². The van der Waals surface area contributed by atoms with E-state index in [0.717, 1.165) is 23.0 Å². The van der Waals surface area contributed by atoms with Gasteiger partial charge in [-0.1, -0.05) is 37.5 Å². The molecule has 4 heteroatoms. The van der Waals surface area contributed by atoms with Crippen molar-refractivity contribution in [3.8, 4) is 0 Å². The molecule has 3 N–H and O–H groups in total. The molecule has 0 atom stereocenters. The molecule has 92 valence electrons. The van der Waals surface area contributed by atoms with Crippen molar-refractivity contribution >= 4 is 11.0 Å². The molecule has 4 nitrogen and oxygen atoms in total. The smallest absolute Gasteiger partial charge is 0.117 e. The fraction of sp³-hybridized carbons (Fsp3) is 0.538. The Morgan fingerprint density at radius 2 is 2.12 bits per heavy atom. The third kappa shape index (κ3) is 2.64. The van der Waals surface area contributed by atoms with Crippen molar-refractivity contribution < 1.29 is 0 Å². The van der Waals surface area contributed by atoms with E-state index in [4.69, 9.17) is 5.73 Å². The number of rotatable bonds is 6. The van der Waals surface area contributed by atoms with Gasteiger partial charge in [0.25, 0.3) is 0 Å². The minimum atomic E-state index is 0.535. The van der Waals surface area contributed by atoms with Crippen LogP contribution in [0.25, 0.3) is 11.0 Å². The molecule has 0 bridgehead atoms. The molecule has 0 saturated carbocycles. The first-order valence-corrected chi connectivity index (χ1v) is 6.38. The topological polar surface area (TPSA) is 67.6 Å². The Labute approximate surface area is 102 Å². The molecule has 0 unspecified atom stereocenters. The molecule has 2 aromatic rings. The molecule has 0 fully saturated rings. The Morgan fingerprint density at radius 1 is 1.24 bits per heavy atom. The number of unbranched alkanes of at least 4 members (excludes halogenated alkanes) is 3. The highest BCUT2D eigenvalue weighted by molar-refractivity contribution is 5.78. The number of H-pyrrole nitrogens is 1. The number of aryl methyl sites for hydroxylation is 1. The Kier molecular flexibility index (Phi) is 4.09. The number of aromatic amines is 1. The summed E-state index contributed by atoms with van der Waals surface area (Å²) in [6.07, 6.45) is 6.19. The van der Waals surface area contributed by atoms with E-state index in [9.17, 15) is 0 Å². The van der Waals surface area contributed by atoms with Gasteiger partial charge < -0.3 is 5.73 Å². The number of nitrogens with zero attached hydrogens (tertiary/aromatic N) is 2. The summed E-state index contributed by atoms with van der Waals surface area (Å²) in [7, 11) is 0. The standard InChI is InChI=1S/C13H20N4/c1-2-3-4-5-6-10-7-8-12-13(11(10)9-14)16-17-15-12/h7-8H,2-6,9,14H2,1H3,(H,15,16,17). The molecule has 0 aliphatic heterocycles. The second-order valence-electron chi connectivity index (χ2n) is 4.43. The third-order valence-corrected chi connectivity index (χ3v) is 3.20. The van der Waals surface area contributed by atoms with E-state index in [1.807, 2.05) is 6.07 Å². The van der Waals surface area contributed by atoms with E-state index >= 15 is 0 Å². The number of benzene rings is 1. The number of hydrogen-bond donors (Lipinski definition) is 2. The van der Waals surface area contributed by atoms with Crippen LogP contribution in [-0.2, 0) is 13.0 Å². The predicted molar refractivity (Wildman–Crippen MR) is 69.6 cm³/mol. The van der Waals surface area contributed by atoms with Crippen LogP contribution >= 0.6 is 0 Å². The Bertz CT molecular complexity index is 475. The first kappa shape index (κ1) is 12.0. The van der Waals surface area contributed by atoms with Gasteiger partial charge in [-0.05, 0) is 30.0 Å². The van der Waals surface area contributed by atoms with Crippen LogP contribution in [0.15, 0.2) is 12.1 Å². The van der Waals surface area contributed by atoms with Crippen molar-refractivity contribution in [2.75, 3.05) is 0 Å². The highest BCUT2D eigenvalue weighted by atomic mass is 15.3. The minimum absolute atomic E-state index is 0.535. The zero-order valence-corrected chi connectivity index (χ0v) is 10.4. The molecule has 0 spiro atoms. The number of hydrogen-bond acceptors (Lipinski definition) is 3. The lowest BCUT2D eigenvalue weighted by Gasteiger charge is -2.07. The van der Waals surface area contributed by atoms with E-state index in [1.165, 1.54) is 31.2 Å². The molecule has 0 saturated heterocycles. The molecule has 0 amide bonds. The van der Waals surface area contributed by atoms with E-state index in [0.29, 0.717) is 6.54 Å². The van der Waals surface area contributed by atoms with Crippen molar-refractivity contribution in [3.63, 3.8) is 0 Å². The van der Waals surface area contributed by atoms with Crippen molar-refractivity contribution in [3.05, 3.63) is 23.3 Å². The molecule has 1 aromatic carbocycles. The van der Waals surface area contributed by atoms with Crippen LogP contribution in [-0.4, -0.2) is 15.4 Å². The highest BCUT2D eigenvalue weighted by Crippen LogP contribution is 2.20. The van der Waals surface area contributed by atoms with Crippen LogP contribution in [0.4, 0.5) is 0 Å². The number of aromatic nitrogens is 3. The monoisotopic (exact) mass is 232 g/mol. The number of nitrogens with two attached hydrogens (primary N) is 1. The predicted octanol–water partition coefficient (Wildman–Crippen LogP) is 2.54. The fourth-order valence-corrected chi connectivity index (χ4v) is 2.22. The lowest BCUT2D eigenvalue weighted by molar-refractivity contribution is 0.665. The average Bonchev–Trinajstić information content (AvgIpc) is 2.82. The van der Waals surface area contributed by atoms with Crippen LogP contribution in [0.5, 0.6) is 0 Å². The van der Waals surface area contributed by atoms with Crippen LogP contribution in [0.1, 0.15) is 43.7 Å². The molecule has 1 heterocycles. The van der Waals surface area contributed by atoms with E-state index in [-0.39, 0.29) is 0 Å². The Hall–Kier alpha value is -1.42. The zero-order valence-electron chi connectivity index (χ0n) is 10.4. The molecular weight excluding hydrogens is 212 g/mol. The second-order valence-corrected chi connectivity index (χ2v) is 4.43. The molecule has 0 aliphatic carbocycles. The van der Waals surface area contributed by atoms with Gasteiger partial charge in [-0.25, -0.2) is 0 Å². The second kappa shape index (κ2) is 5.77. The molecule has 2 rings (SSSR count). The molecule has 17 heavy (non-hydrogen) atoms. The summed E-state index contributed by atoms with van der Waals surface area (Å²) >= 11 is 0. The van der Waals surface area contributed by atoms with Crippen LogP contribution in [0.2, 0.25) is 0 Å². The maximum absolute atomic E-state index is 5.82. The van der Waals surface area contributed by atoms with Crippen molar-refractivity contribution in [2.45, 2.75) is 45.6 Å². The minimum Gasteiger partial charge on any atom is -0.326 e. The van der Waals surface area contributed by atoms with Gasteiger partial charge in [0.05, 0.1) is 5.52 Å². The summed E-state index contributed by atoms with van der Waals surface area (Å²) in [6.45, 7) is 2.76. The fourth-order valence-electron chi connectivity index (χ4n) is 2.22. The van der Waals surface area contributed by atoms with Gasteiger partial charge in [-0.15, -0.1) is 5.10 Å². The van der Waals surface area contributed by atoms with Gasteiger partial charge in [-0.2, -0.15) is 0 Å². The largest absolute Gasteiger partial charge is 0.326 e. The Balaban J connectivity index is 2.15. The Morgan fingerprint density at radius 3 is 2.88 bits per heavy atom. The number of nitrogens with one attached hydrogen (secondary N) is 1. The first-order chi connectivity index (χ1) is 8.36. The summed E-state index contributed by atoms with van der Waals surface area (Å²) in [5, 5.41) is 10.8. The van der Waals surface area contributed by atoms with Crippen molar-refractivity contribution in [1.82, 2.24) is 15.4 Å². The summed E-state index contributed by atoms with van der Waals surface area (Å²) in [5.41, 5.74) is 10.2. The third-order valence-electron chi connectivity index (χ3n) is 3.20.